The lowest BCUT2D eigenvalue weighted by atomic mass is 10.1. The summed E-state index contributed by atoms with van der Waals surface area (Å²) < 4.78 is 31.0. The first-order valence-electron chi connectivity index (χ1n) is 7.82. The Kier molecular flexibility index (Phi) is 5.88. The van der Waals surface area contributed by atoms with Crippen molar-refractivity contribution >= 4 is 46.5 Å². The molecule has 10 heteroatoms. The minimum Gasteiger partial charge on any atom is -0.755 e. The molecule has 0 radical (unpaired) electrons. The molecule has 8 nitrogen and oxygen atoms in total. The zero-order chi connectivity index (χ0) is 20.3. The Bertz CT molecular complexity index is 1050. The van der Waals surface area contributed by atoms with Crippen molar-refractivity contribution in [2.24, 2.45) is 0 Å². The Labute approximate surface area is 167 Å². The standard InChI is InChI=1S/C18H14ClN3O5S/c1-27-18(24)16-8-12(11-23)2-7-17(16)22(28(25)26)15-9-20-21(10-15)14-5-3-13(19)4-6-14/h2-11H,1H3,(H,25,26)/p-1. The SMILES string of the molecule is COC(=O)c1cc(C=O)ccc1N(c1cnn(-c2ccc(Cl)cc2)c1)S(=O)[O-]. The Morgan fingerprint density at radius 1 is 1.29 bits per heavy atom. The number of aromatic nitrogens is 2. The van der Waals surface area contributed by atoms with E-state index in [2.05, 4.69) is 5.10 Å². The summed E-state index contributed by atoms with van der Waals surface area (Å²) in [4.78, 5) is 23.1. The maximum Gasteiger partial charge on any atom is 0.340 e. The van der Waals surface area contributed by atoms with Gasteiger partial charge in [0.15, 0.2) is 0 Å². The highest BCUT2D eigenvalue weighted by atomic mass is 35.5. The normalized spacial score (nSPS) is 11.7. The predicted octanol–water partition coefficient (Wildman–Crippen LogP) is 3.06. The molecule has 0 amide bonds. The zero-order valence-corrected chi connectivity index (χ0v) is 16.0. The molecule has 1 aromatic heterocycles. The quantitative estimate of drug-likeness (QED) is 0.346. The number of hydrogen-bond donors (Lipinski definition) is 0. The largest absolute Gasteiger partial charge is 0.755 e. The van der Waals surface area contributed by atoms with Crippen LogP contribution in [0.25, 0.3) is 5.69 Å². The first-order chi connectivity index (χ1) is 13.4. The molecule has 3 rings (SSSR count). The van der Waals surface area contributed by atoms with E-state index in [1.54, 1.807) is 24.3 Å². The van der Waals surface area contributed by atoms with Gasteiger partial charge >= 0.3 is 5.97 Å². The molecule has 0 N–H and O–H groups in total. The smallest absolute Gasteiger partial charge is 0.340 e. The van der Waals surface area contributed by atoms with Crippen molar-refractivity contribution < 1.29 is 23.1 Å². The van der Waals surface area contributed by atoms with Gasteiger partial charge in [0.2, 0.25) is 0 Å². The van der Waals surface area contributed by atoms with Gasteiger partial charge in [0.1, 0.15) is 6.29 Å². The third-order valence-corrected chi connectivity index (χ3v) is 4.78. The van der Waals surface area contributed by atoms with Gasteiger partial charge < -0.3 is 9.29 Å². The van der Waals surface area contributed by atoms with Crippen LogP contribution < -0.4 is 4.31 Å². The molecule has 0 aliphatic carbocycles. The second-order valence-electron chi connectivity index (χ2n) is 5.52. The van der Waals surface area contributed by atoms with Crippen molar-refractivity contribution in [3.63, 3.8) is 0 Å². The van der Waals surface area contributed by atoms with Gasteiger partial charge in [-0.2, -0.15) is 5.10 Å². The summed E-state index contributed by atoms with van der Waals surface area (Å²) >= 11 is 3.10. The molecule has 0 saturated heterocycles. The molecule has 0 aliphatic heterocycles. The van der Waals surface area contributed by atoms with Crippen molar-refractivity contribution in [3.8, 4) is 5.69 Å². The minimum atomic E-state index is -2.78. The zero-order valence-electron chi connectivity index (χ0n) is 14.4. The average Bonchev–Trinajstić information content (AvgIpc) is 3.17. The summed E-state index contributed by atoms with van der Waals surface area (Å²) in [5.74, 6) is -0.778. The summed E-state index contributed by atoms with van der Waals surface area (Å²) in [6.07, 6.45) is 3.36. The van der Waals surface area contributed by atoms with Gasteiger partial charge in [-0.3, -0.25) is 13.3 Å². The molecule has 2 aromatic carbocycles. The average molecular weight is 419 g/mol. The highest BCUT2D eigenvalue weighted by Crippen LogP contribution is 2.31. The van der Waals surface area contributed by atoms with E-state index in [0.717, 1.165) is 11.4 Å². The third kappa shape index (κ3) is 3.96. The molecule has 28 heavy (non-hydrogen) atoms. The highest BCUT2D eigenvalue weighted by molar-refractivity contribution is 7.81. The highest BCUT2D eigenvalue weighted by Gasteiger charge is 2.21. The molecule has 0 fully saturated rings. The fourth-order valence-electron chi connectivity index (χ4n) is 2.54. The Morgan fingerprint density at radius 3 is 2.61 bits per heavy atom. The minimum absolute atomic E-state index is 0.0291. The second-order valence-corrected chi connectivity index (χ2v) is 6.75. The Morgan fingerprint density at radius 2 is 2.00 bits per heavy atom. The van der Waals surface area contributed by atoms with Crippen LogP contribution >= 0.6 is 11.6 Å². The van der Waals surface area contributed by atoms with Crippen molar-refractivity contribution in [1.82, 2.24) is 9.78 Å². The Hall–Kier alpha value is -3.01. The topological polar surface area (TPSA) is 105 Å². The van der Waals surface area contributed by atoms with Crippen LogP contribution in [-0.2, 0) is 16.0 Å². The predicted molar refractivity (Wildman–Crippen MR) is 103 cm³/mol. The fourth-order valence-corrected chi connectivity index (χ4v) is 3.25. The fraction of sp³-hybridized carbons (Fsp3) is 0.0556. The summed E-state index contributed by atoms with van der Waals surface area (Å²) in [6, 6.07) is 10.8. The van der Waals surface area contributed by atoms with Crippen LogP contribution in [0, 0.1) is 0 Å². The van der Waals surface area contributed by atoms with Crippen LogP contribution in [-0.4, -0.2) is 37.9 Å². The van der Waals surface area contributed by atoms with Crippen LogP contribution in [0.2, 0.25) is 5.02 Å². The number of ether oxygens (including phenoxy) is 1. The van der Waals surface area contributed by atoms with E-state index < -0.39 is 17.2 Å². The van der Waals surface area contributed by atoms with Gasteiger partial charge in [0.25, 0.3) is 0 Å². The van der Waals surface area contributed by atoms with Crippen molar-refractivity contribution in [2.75, 3.05) is 11.4 Å². The van der Waals surface area contributed by atoms with Crippen LogP contribution in [0.4, 0.5) is 11.4 Å². The van der Waals surface area contributed by atoms with E-state index >= 15 is 0 Å². The summed E-state index contributed by atoms with van der Waals surface area (Å²) in [6.45, 7) is 0. The molecule has 0 saturated carbocycles. The molecule has 1 atom stereocenters. The van der Waals surface area contributed by atoms with Gasteiger partial charge in [-0.15, -0.1) is 0 Å². The van der Waals surface area contributed by atoms with Gasteiger partial charge in [-0.25, -0.2) is 9.48 Å². The molecule has 0 bridgehead atoms. The number of halogens is 1. The molecular formula is C18H13ClN3O5S-. The molecule has 1 heterocycles. The van der Waals surface area contributed by atoms with Gasteiger partial charge in [-0.05, 0) is 42.5 Å². The number of anilines is 2. The molecule has 144 valence electrons. The number of rotatable bonds is 6. The lowest BCUT2D eigenvalue weighted by Gasteiger charge is -2.26. The molecule has 1 unspecified atom stereocenters. The van der Waals surface area contributed by atoms with Crippen molar-refractivity contribution in [3.05, 3.63) is 71.0 Å². The van der Waals surface area contributed by atoms with Gasteiger partial charge in [0.05, 0.1) is 53.4 Å². The molecule has 0 aliphatic rings. The monoisotopic (exact) mass is 418 g/mol. The number of methoxy groups -OCH3 is 1. The van der Waals surface area contributed by atoms with Gasteiger partial charge in [0, 0.05) is 10.6 Å². The Balaban J connectivity index is 2.08. The number of carbonyl (C=O) groups excluding carboxylic acids is 2. The van der Waals surface area contributed by atoms with Crippen LogP contribution in [0.15, 0.2) is 54.9 Å². The summed E-state index contributed by atoms with van der Waals surface area (Å²) in [5, 5.41) is 4.71. The number of hydrogen-bond acceptors (Lipinski definition) is 6. The third-order valence-electron chi connectivity index (χ3n) is 3.82. The summed E-state index contributed by atoms with van der Waals surface area (Å²) in [7, 11) is 1.16. The van der Waals surface area contributed by atoms with Crippen LogP contribution in [0.1, 0.15) is 20.7 Å². The lowest BCUT2D eigenvalue weighted by Crippen LogP contribution is -2.22. The summed E-state index contributed by atoms with van der Waals surface area (Å²) in [5.41, 5.74) is 1.01. The van der Waals surface area contributed by atoms with E-state index in [4.69, 9.17) is 16.3 Å². The number of benzene rings is 2. The number of nitrogens with zero attached hydrogens (tertiary/aromatic N) is 3. The lowest BCUT2D eigenvalue weighted by molar-refractivity contribution is 0.0601. The number of carbonyl (C=O) groups is 2. The van der Waals surface area contributed by atoms with E-state index in [-0.39, 0.29) is 22.5 Å². The van der Waals surface area contributed by atoms with Crippen molar-refractivity contribution in [1.29, 1.82) is 0 Å². The first-order valence-corrected chi connectivity index (χ1v) is 9.23. The first kappa shape index (κ1) is 19.7. The maximum absolute atomic E-state index is 12.1. The van der Waals surface area contributed by atoms with Crippen molar-refractivity contribution in [2.45, 2.75) is 0 Å². The van der Waals surface area contributed by atoms with Crippen LogP contribution in [0.3, 0.4) is 0 Å². The van der Waals surface area contributed by atoms with E-state index in [1.165, 1.54) is 35.3 Å². The molecule has 0 spiro atoms. The number of esters is 1. The van der Waals surface area contributed by atoms with E-state index in [1.807, 2.05) is 0 Å². The van der Waals surface area contributed by atoms with Crippen LogP contribution in [0.5, 0.6) is 0 Å². The number of aldehydes is 1. The molecule has 3 aromatic rings. The molecular weight excluding hydrogens is 406 g/mol. The van der Waals surface area contributed by atoms with E-state index in [9.17, 15) is 18.4 Å². The van der Waals surface area contributed by atoms with Gasteiger partial charge in [-0.1, -0.05) is 11.6 Å². The van der Waals surface area contributed by atoms with E-state index in [0.29, 0.717) is 17.0 Å². The maximum atomic E-state index is 12.1. The second kappa shape index (κ2) is 8.34.